The van der Waals surface area contributed by atoms with Crippen molar-refractivity contribution < 1.29 is 17.8 Å². The van der Waals surface area contributed by atoms with Crippen molar-refractivity contribution in [3.63, 3.8) is 0 Å². The molecule has 1 unspecified atom stereocenters. The molecule has 12 heteroatoms. The highest BCUT2D eigenvalue weighted by Crippen LogP contribution is 2.32. The van der Waals surface area contributed by atoms with Gasteiger partial charge in [0.05, 0.1) is 15.4 Å². The fourth-order valence-corrected chi connectivity index (χ4v) is 5.02. The first-order chi connectivity index (χ1) is 16.5. The van der Waals surface area contributed by atoms with Crippen molar-refractivity contribution in [2.24, 2.45) is 0 Å². The van der Waals surface area contributed by atoms with Gasteiger partial charge in [-0.05, 0) is 31.5 Å². The van der Waals surface area contributed by atoms with E-state index in [0.717, 1.165) is 13.1 Å². The molecule has 35 heavy (non-hydrogen) atoms. The summed E-state index contributed by atoms with van der Waals surface area (Å²) >= 11 is 0. The minimum Gasteiger partial charge on any atom is -0.356 e. The minimum absolute atomic E-state index is 0.0803. The standard InChI is InChI=1S/C23H31F2N7O2S/c1-16-19(21(33)29-17-5-3-6-18(15-17)35(2,26)34)20(31-11-4-7-23(24,25)8-12-31)30-22(28-16)32-13-9-27-10-14-32/h3,5-6,15,26-27H,4,7-14H2,1-2H3,(H,29,33). The monoisotopic (exact) mass is 507 g/mol. The molecule has 0 saturated carbocycles. The van der Waals surface area contributed by atoms with Crippen LogP contribution in [0, 0.1) is 11.7 Å². The van der Waals surface area contributed by atoms with Gasteiger partial charge in [-0.3, -0.25) is 4.79 Å². The van der Waals surface area contributed by atoms with Gasteiger partial charge in [0.25, 0.3) is 5.91 Å². The molecular weight excluding hydrogens is 476 g/mol. The summed E-state index contributed by atoms with van der Waals surface area (Å²) in [5, 5.41) is 6.07. The van der Waals surface area contributed by atoms with Crippen LogP contribution in [-0.4, -0.2) is 71.5 Å². The van der Waals surface area contributed by atoms with E-state index < -0.39 is 21.6 Å². The molecule has 1 aromatic heterocycles. The molecule has 2 aromatic rings. The van der Waals surface area contributed by atoms with Crippen LogP contribution in [-0.2, 0) is 9.73 Å². The molecule has 0 spiro atoms. The van der Waals surface area contributed by atoms with Crippen LogP contribution in [0.3, 0.4) is 0 Å². The summed E-state index contributed by atoms with van der Waals surface area (Å²) in [6.45, 7) is 5.14. The van der Waals surface area contributed by atoms with Crippen molar-refractivity contribution >= 4 is 33.1 Å². The Morgan fingerprint density at radius 2 is 1.89 bits per heavy atom. The van der Waals surface area contributed by atoms with E-state index in [2.05, 4.69) is 15.6 Å². The smallest absolute Gasteiger partial charge is 0.261 e. The first-order valence-electron chi connectivity index (χ1n) is 11.7. The molecular formula is C23H31F2N7O2S. The van der Waals surface area contributed by atoms with Crippen molar-refractivity contribution in [3.05, 3.63) is 35.5 Å². The topological polar surface area (TPSA) is 114 Å². The molecule has 1 amide bonds. The summed E-state index contributed by atoms with van der Waals surface area (Å²) in [7, 11) is -2.96. The molecule has 4 rings (SSSR count). The summed E-state index contributed by atoms with van der Waals surface area (Å²) in [6.07, 6.45) is 1.09. The number of amides is 1. The van der Waals surface area contributed by atoms with Crippen molar-refractivity contribution in [3.8, 4) is 0 Å². The summed E-state index contributed by atoms with van der Waals surface area (Å²) in [5.41, 5.74) is 1.06. The van der Waals surface area contributed by atoms with Gasteiger partial charge in [0, 0.05) is 68.9 Å². The number of hydrogen-bond acceptors (Lipinski definition) is 8. The number of anilines is 3. The van der Waals surface area contributed by atoms with Crippen LogP contribution in [0.5, 0.6) is 0 Å². The number of aryl methyl sites for hydroxylation is 1. The molecule has 1 atom stereocenters. The number of halogens is 2. The van der Waals surface area contributed by atoms with Gasteiger partial charge in [-0.2, -0.15) is 4.98 Å². The lowest BCUT2D eigenvalue weighted by Crippen LogP contribution is -2.44. The Bertz CT molecular complexity index is 1200. The van der Waals surface area contributed by atoms with E-state index in [1.54, 1.807) is 30.0 Å². The van der Waals surface area contributed by atoms with Gasteiger partial charge in [-0.15, -0.1) is 0 Å². The molecule has 2 saturated heterocycles. The number of alkyl halides is 2. The van der Waals surface area contributed by atoms with Crippen LogP contribution in [0.25, 0.3) is 0 Å². The van der Waals surface area contributed by atoms with Crippen molar-refractivity contribution in [1.29, 1.82) is 4.78 Å². The number of nitrogens with one attached hydrogen (secondary N) is 3. The summed E-state index contributed by atoms with van der Waals surface area (Å²) in [5.74, 6) is -2.40. The molecule has 2 aliphatic heterocycles. The first kappa shape index (κ1) is 25.2. The van der Waals surface area contributed by atoms with Gasteiger partial charge in [0.15, 0.2) is 0 Å². The third-order valence-electron chi connectivity index (χ3n) is 6.25. The largest absolute Gasteiger partial charge is 0.356 e. The number of nitrogens with zero attached hydrogens (tertiary/aromatic N) is 4. The van der Waals surface area contributed by atoms with Gasteiger partial charge in [0.2, 0.25) is 11.9 Å². The van der Waals surface area contributed by atoms with Gasteiger partial charge in [0.1, 0.15) is 11.4 Å². The van der Waals surface area contributed by atoms with E-state index in [0.29, 0.717) is 47.7 Å². The highest BCUT2D eigenvalue weighted by molar-refractivity contribution is 7.91. The molecule has 0 aliphatic carbocycles. The maximum atomic E-state index is 14.1. The van der Waals surface area contributed by atoms with Crippen LogP contribution in [0.15, 0.2) is 29.2 Å². The Balaban J connectivity index is 1.71. The average Bonchev–Trinajstić information content (AvgIpc) is 2.99. The zero-order valence-corrected chi connectivity index (χ0v) is 20.8. The van der Waals surface area contributed by atoms with Crippen molar-refractivity contribution in [2.75, 3.05) is 60.6 Å². The molecule has 3 heterocycles. The van der Waals surface area contributed by atoms with Gasteiger partial charge in [-0.1, -0.05) is 6.07 Å². The molecule has 9 nitrogen and oxygen atoms in total. The first-order valence-corrected chi connectivity index (χ1v) is 13.6. The highest BCUT2D eigenvalue weighted by atomic mass is 32.2. The third kappa shape index (κ3) is 6.04. The van der Waals surface area contributed by atoms with E-state index in [-0.39, 0.29) is 31.4 Å². The van der Waals surface area contributed by atoms with E-state index in [1.807, 2.05) is 4.90 Å². The Kier molecular flexibility index (Phi) is 7.22. The second-order valence-corrected chi connectivity index (χ2v) is 11.2. The number of carbonyl (C=O) groups excluding carboxylic acids is 1. The Morgan fingerprint density at radius 1 is 1.14 bits per heavy atom. The van der Waals surface area contributed by atoms with Crippen LogP contribution < -0.4 is 20.4 Å². The SMILES string of the molecule is Cc1nc(N2CCNCC2)nc(N2CCCC(F)(F)CC2)c1C(=O)Nc1cccc(S(C)(=N)=O)c1. The molecule has 0 bridgehead atoms. The molecule has 2 fully saturated rings. The number of carbonyl (C=O) groups is 1. The third-order valence-corrected chi connectivity index (χ3v) is 7.40. The number of hydrogen-bond donors (Lipinski definition) is 3. The zero-order valence-electron chi connectivity index (χ0n) is 19.9. The molecule has 190 valence electrons. The molecule has 3 N–H and O–H groups in total. The fraction of sp³-hybridized carbons (Fsp3) is 0.522. The molecule has 2 aliphatic rings. The summed E-state index contributed by atoms with van der Waals surface area (Å²) < 4.78 is 48.1. The van der Waals surface area contributed by atoms with E-state index >= 15 is 0 Å². The van der Waals surface area contributed by atoms with E-state index in [9.17, 15) is 17.8 Å². The zero-order chi connectivity index (χ0) is 25.2. The maximum Gasteiger partial charge on any atom is 0.261 e. The Hall–Kier alpha value is -2.86. The lowest BCUT2D eigenvalue weighted by atomic mass is 10.1. The van der Waals surface area contributed by atoms with Crippen LogP contribution in [0.2, 0.25) is 0 Å². The Morgan fingerprint density at radius 3 is 2.60 bits per heavy atom. The van der Waals surface area contributed by atoms with E-state index in [1.165, 1.54) is 12.3 Å². The van der Waals surface area contributed by atoms with Gasteiger partial charge < -0.3 is 20.4 Å². The number of benzene rings is 1. The Labute approximate surface area is 204 Å². The van der Waals surface area contributed by atoms with Gasteiger partial charge >= 0.3 is 0 Å². The molecule has 0 radical (unpaired) electrons. The fourth-order valence-electron chi connectivity index (χ4n) is 4.33. The summed E-state index contributed by atoms with van der Waals surface area (Å²) in [6, 6.07) is 6.34. The van der Waals surface area contributed by atoms with Crippen LogP contribution in [0.4, 0.5) is 26.2 Å². The number of rotatable bonds is 5. The average molecular weight is 508 g/mol. The normalized spacial score (nSPS) is 20.1. The number of piperazine rings is 1. The number of aromatic nitrogens is 2. The lowest BCUT2D eigenvalue weighted by Gasteiger charge is -2.30. The van der Waals surface area contributed by atoms with Crippen LogP contribution in [0.1, 0.15) is 35.3 Å². The highest BCUT2D eigenvalue weighted by Gasteiger charge is 2.34. The maximum absolute atomic E-state index is 14.1. The van der Waals surface area contributed by atoms with E-state index in [4.69, 9.17) is 9.76 Å². The molecule has 1 aromatic carbocycles. The summed E-state index contributed by atoms with van der Waals surface area (Å²) in [4.78, 5) is 26.9. The van der Waals surface area contributed by atoms with Crippen LogP contribution >= 0.6 is 0 Å². The van der Waals surface area contributed by atoms with Crippen molar-refractivity contribution in [1.82, 2.24) is 15.3 Å². The second-order valence-electron chi connectivity index (χ2n) is 9.07. The minimum atomic E-state index is -2.96. The predicted octanol–water partition coefficient (Wildman–Crippen LogP) is 3.11. The second kappa shape index (κ2) is 10.0. The van der Waals surface area contributed by atoms with Gasteiger partial charge in [-0.25, -0.2) is 22.8 Å². The quantitative estimate of drug-likeness (QED) is 0.570. The predicted molar refractivity (Wildman–Crippen MR) is 132 cm³/mol. The lowest BCUT2D eigenvalue weighted by molar-refractivity contribution is -0.0102. The van der Waals surface area contributed by atoms with Crippen molar-refractivity contribution in [2.45, 2.75) is 37.0 Å².